The van der Waals surface area contributed by atoms with Gasteiger partial charge in [-0.3, -0.25) is 4.90 Å². The summed E-state index contributed by atoms with van der Waals surface area (Å²) in [5, 5.41) is 0. The van der Waals surface area contributed by atoms with Gasteiger partial charge in [-0.15, -0.1) is 13.2 Å². The summed E-state index contributed by atoms with van der Waals surface area (Å²) in [6.07, 6.45) is -3.72. The van der Waals surface area contributed by atoms with E-state index in [0.29, 0.717) is 18.1 Å². The van der Waals surface area contributed by atoms with Gasteiger partial charge in [-0.25, -0.2) is 0 Å². The summed E-state index contributed by atoms with van der Waals surface area (Å²) in [7, 11) is 0. The van der Waals surface area contributed by atoms with Gasteiger partial charge in [-0.05, 0) is 30.7 Å². The largest absolute Gasteiger partial charge is 0.573 e. The lowest BCUT2D eigenvalue weighted by Gasteiger charge is -2.21. The van der Waals surface area contributed by atoms with Gasteiger partial charge in [0.15, 0.2) is 0 Å². The quantitative estimate of drug-likeness (QED) is 0.786. The van der Waals surface area contributed by atoms with E-state index in [1.165, 1.54) is 12.1 Å². The number of nitrogens with two attached hydrogens (primary N) is 1. The van der Waals surface area contributed by atoms with Gasteiger partial charge in [0.1, 0.15) is 5.75 Å². The Bertz CT molecular complexity index is 434. The van der Waals surface area contributed by atoms with E-state index < -0.39 is 6.36 Å². The van der Waals surface area contributed by atoms with Crippen LogP contribution in [0.5, 0.6) is 5.75 Å². The molecule has 3 nitrogen and oxygen atoms in total. The van der Waals surface area contributed by atoms with Gasteiger partial charge in [-0.1, -0.05) is 31.3 Å². The van der Waals surface area contributed by atoms with E-state index in [1.54, 1.807) is 12.1 Å². The van der Waals surface area contributed by atoms with Crippen molar-refractivity contribution in [3.05, 3.63) is 29.8 Å². The molecule has 0 amide bonds. The smallest absolute Gasteiger partial charge is 0.406 e. The molecule has 0 saturated heterocycles. The SMILES string of the molecule is CCCN(CC(N)=S)Cc1ccc(OC(F)(F)F)cc1. The molecular formula is C13H17F3N2OS. The molecule has 20 heavy (non-hydrogen) atoms. The van der Waals surface area contributed by atoms with Crippen LogP contribution >= 0.6 is 12.2 Å². The summed E-state index contributed by atoms with van der Waals surface area (Å²) in [5.74, 6) is -0.224. The van der Waals surface area contributed by atoms with Gasteiger partial charge in [0, 0.05) is 13.1 Å². The monoisotopic (exact) mass is 306 g/mol. The fourth-order valence-corrected chi connectivity index (χ4v) is 1.99. The lowest BCUT2D eigenvalue weighted by Crippen LogP contribution is -2.32. The van der Waals surface area contributed by atoms with Crippen molar-refractivity contribution in [2.24, 2.45) is 5.73 Å². The average Bonchev–Trinajstić information content (AvgIpc) is 2.29. The minimum Gasteiger partial charge on any atom is -0.406 e. The third-order valence-electron chi connectivity index (χ3n) is 2.48. The summed E-state index contributed by atoms with van der Waals surface area (Å²) in [6, 6.07) is 5.80. The van der Waals surface area contributed by atoms with E-state index in [-0.39, 0.29) is 5.75 Å². The molecular weight excluding hydrogens is 289 g/mol. The average molecular weight is 306 g/mol. The maximum Gasteiger partial charge on any atom is 0.573 e. The van der Waals surface area contributed by atoms with Gasteiger partial charge < -0.3 is 10.5 Å². The highest BCUT2D eigenvalue weighted by Gasteiger charge is 2.30. The molecule has 0 aliphatic rings. The summed E-state index contributed by atoms with van der Waals surface area (Å²) < 4.78 is 39.9. The van der Waals surface area contributed by atoms with Crippen LogP contribution in [0.25, 0.3) is 0 Å². The minimum absolute atomic E-state index is 0.224. The second-order valence-corrected chi connectivity index (χ2v) is 4.89. The van der Waals surface area contributed by atoms with Crippen LogP contribution < -0.4 is 10.5 Å². The van der Waals surface area contributed by atoms with Crippen molar-refractivity contribution in [1.29, 1.82) is 0 Å². The Kier molecular flexibility index (Phi) is 6.22. The zero-order valence-electron chi connectivity index (χ0n) is 11.1. The van der Waals surface area contributed by atoms with Gasteiger partial charge in [0.25, 0.3) is 0 Å². The number of thiocarbonyl (C=S) groups is 1. The van der Waals surface area contributed by atoms with E-state index in [2.05, 4.69) is 4.74 Å². The first-order valence-corrected chi connectivity index (χ1v) is 6.56. The van der Waals surface area contributed by atoms with Gasteiger partial charge in [0.05, 0.1) is 4.99 Å². The normalized spacial score (nSPS) is 11.7. The molecule has 0 spiro atoms. The van der Waals surface area contributed by atoms with Crippen LogP contribution in [0.4, 0.5) is 13.2 Å². The van der Waals surface area contributed by atoms with Crippen LogP contribution in [-0.2, 0) is 6.54 Å². The van der Waals surface area contributed by atoms with E-state index in [9.17, 15) is 13.2 Å². The van der Waals surface area contributed by atoms with Crippen molar-refractivity contribution in [2.75, 3.05) is 13.1 Å². The molecule has 0 atom stereocenters. The van der Waals surface area contributed by atoms with Crippen LogP contribution in [0.3, 0.4) is 0 Å². The predicted molar refractivity (Wildman–Crippen MR) is 75.5 cm³/mol. The predicted octanol–water partition coefficient (Wildman–Crippen LogP) is 3.08. The zero-order valence-corrected chi connectivity index (χ0v) is 11.9. The van der Waals surface area contributed by atoms with Crippen molar-refractivity contribution in [2.45, 2.75) is 26.3 Å². The first kappa shape index (κ1) is 16.7. The number of alkyl halides is 3. The van der Waals surface area contributed by atoms with Crippen LogP contribution in [0.15, 0.2) is 24.3 Å². The molecule has 112 valence electrons. The third kappa shape index (κ3) is 6.72. The number of rotatable bonds is 7. The Morgan fingerprint density at radius 1 is 1.30 bits per heavy atom. The van der Waals surface area contributed by atoms with Gasteiger partial charge >= 0.3 is 6.36 Å². The van der Waals surface area contributed by atoms with Crippen molar-refractivity contribution in [3.8, 4) is 5.75 Å². The molecule has 1 aromatic rings. The second-order valence-electron chi connectivity index (χ2n) is 4.37. The molecule has 0 aromatic heterocycles. The number of ether oxygens (including phenoxy) is 1. The summed E-state index contributed by atoms with van der Waals surface area (Å²) >= 11 is 4.87. The number of hydrogen-bond donors (Lipinski definition) is 1. The maximum atomic E-state index is 12.0. The number of halogens is 3. The Balaban J connectivity index is 2.65. The van der Waals surface area contributed by atoms with Crippen LogP contribution in [0.1, 0.15) is 18.9 Å². The fraction of sp³-hybridized carbons (Fsp3) is 0.462. The Labute approximate surface area is 121 Å². The van der Waals surface area contributed by atoms with Crippen LogP contribution in [-0.4, -0.2) is 29.3 Å². The topological polar surface area (TPSA) is 38.5 Å². The molecule has 2 N–H and O–H groups in total. The molecule has 0 bridgehead atoms. The third-order valence-corrected chi connectivity index (χ3v) is 2.61. The molecule has 0 unspecified atom stereocenters. The maximum absolute atomic E-state index is 12.0. The molecule has 7 heteroatoms. The lowest BCUT2D eigenvalue weighted by atomic mass is 10.2. The van der Waals surface area contributed by atoms with E-state index >= 15 is 0 Å². The minimum atomic E-state index is -4.67. The highest BCUT2D eigenvalue weighted by molar-refractivity contribution is 7.80. The van der Waals surface area contributed by atoms with Crippen molar-refractivity contribution in [3.63, 3.8) is 0 Å². The molecule has 0 saturated carbocycles. The van der Waals surface area contributed by atoms with Crippen molar-refractivity contribution >= 4 is 17.2 Å². The van der Waals surface area contributed by atoms with E-state index in [4.69, 9.17) is 18.0 Å². The van der Waals surface area contributed by atoms with E-state index in [0.717, 1.165) is 18.5 Å². The Morgan fingerprint density at radius 2 is 1.90 bits per heavy atom. The summed E-state index contributed by atoms with van der Waals surface area (Å²) in [6.45, 7) is 3.92. The standard InChI is InChI=1S/C13H17F3N2OS/c1-2-7-18(9-12(17)20)8-10-3-5-11(6-4-10)19-13(14,15)16/h3-6H,2,7-9H2,1H3,(H2,17,20). The molecule has 1 aromatic carbocycles. The van der Waals surface area contributed by atoms with Crippen molar-refractivity contribution < 1.29 is 17.9 Å². The molecule has 0 aliphatic carbocycles. The van der Waals surface area contributed by atoms with E-state index in [1.807, 2.05) is 11.8 Å². The second kappa shape index (κ2) is 7.44. The molecule has 0 aliphatic heterocycles. The first-order chi connectivity index (χ1) is 9.30. The number of benzene rings is 1. The lowest BCUT2D eigenvalue weighted by molar-refractivity contribution is -0.274. The first-order valence-electron chi connectivity index (χ1n) is 6.15. The summed E-state index contributed by atoms with van der Waals surface area (Å²) in [4.78, 5) is 2.44. The summed E-state index contributed by atoms with van der Waals surface area (Å²) in [5.41, 5.74) is 6.39. The fourth-order valence-electron chi connectivity index (χ4n) is 1.81. The van der Waals surface area contributed by atoms with Gasteiger partial charge in [-0.2, -0.15) is 0 Å². The highest BCUT2D eigenvalue weighted by Crippen LogP contribution is 2.23. The molecule has 0 heterocycles. The Morgan fingerprint density at radius 3 is 2.35 bits per heavy atom. The molecule has 0 radical (unpaired) electrons. The molecule has 1 rings (SSSR count). The highest BCUT2D eigenvalue weighted by atomic mass is 32.1. The van der Waals surface area contributed by atoms with Gasteiger partial charge in [0.2, 0.25) is 0 Å². The molecule has 0 fully saturated rings. The van der Waals surface area contributed by atoms with Crippen LogP contribution in [0, 0.1) is 0 Å². The van der Waals surface area contributed by atoms with Crippen molar-refractivity contribution in [1.82, 2.24) is 4.90 Å². The van der Waals surface area contributed by atoms with Crippen LogP contribution in [0.2, 0.25) is 0 Å². The zero-order chi connectivity index (χ0) is 15.2. The number of hydrogen-bond acceptors (Lipinski definition) is 3. The Hall–Kier alpha value is -1.34. The number of nitrogens with zero attached hydrogens (tertiary/aromatic N) is 1.